The van der Waals surface area contributed by atoms with Crippen LogP contribution in [0.15, 0.2) is 91.0 Å². The van der Waals surface area contributed by atoms with Crippen LogP contribution in [0.5, 0.6) is 0 Å². The molecule has 0 heterocycles. The standard InChI is InChI=1S/C28H31NO/c1-29(2)27-18-24(21-12-6-3-7-13-21)26(25(19-27)22-14-8-4-9-15-22)28(30,20-27)23-16-10-5-11-17-23/h3-17,24-26,30H,18-20H2,1-2H3. The third-order valence-electron chi connectivity index (χ3n) is 7.89. The maximum Gasteiger partial charge on any atom is 0.0953 e. The van der Waals surface area contributed by atoms with E-state index in [1.54, 1.807) is 0 Å². The Kier molecular flexibility index (Phi) is 4.80. The summed E-state index contributed by atoms with van der Waals surface area (Å²) >= 11 is 0. The fourth-order valence-electron chi connectivity index (χ4n) is 6.46. The smallest absolute Gasteiger partial charge is 0.0953 e. The summed E-state index contributed by atoms with van der Waals surface area (Å²) in [5.41, 5.74) is 2.86. The lowest BCUT2D eigenvalue weighted by atomic mass is 9.46. The summed E-state index contributed by atoms with van der Waals surface area (Å²) in [6.45, 7) is 0. The van der Waals surface area contributed by atoms with Crippen LogP contribution in [0.1, 0.15) is 47.8 Å². The van der Waals surface area contributed by atoms with Crippen molar-refractivity contribution < 1.29 is 5.11 Å². The number of benzene rings is 3. The quantitative estimate of drug-likeness (QED) is 0.623. The summed E-state index contributed by atoms with van der Waals surface area (Å²) < 4.78 is 0. The molecule has 0 radical (unpaired) electrons. The molecule has 3 fully saturated rings. The average Bonchev–Trinajstić information content (AvgIpc) is 2.80. The van der Waals surface area contributed by atoms with Gasteiger partial charge in [-0.3, -0.25) is 0 Å². The molecule has 3 aliphatic rings. The molecule has 0 saturated heterocycles. The molecule has 30 heavy (non-hydrogen) atoms. The van der Waals surface area contributed by atoms with E-state index in [-0.39, 0.29) is 11.5 Å². The summed E-state index contributed by atoms with van der Waals surface area (Å²) in [6.07, 6.45) is 2.97. The van der Waals surface area contributed by atoms with Gasteiger partial charge in [-0.25, -0.2) is 0 Å². The molecule has 6 rings (SSSR count). The van der Waals surface area contributed by atoms with Crippen LogP contribution < -0.4 is 0 Å². The Hall–Kier alpha value is -2.42. The van der Waals surface area contributed by atoms with Crippen molar-refractivity contribution in [3.63, 3.8) is 0 Å². The Morgan fingerprint density at radius 1 is 0.700 bits per heavy atom. The van der Waals surface area contributed by atoms with E-state index in [1.165, 1.54) is 11.1 Å². The number of rotatable bonds is 4. The summed E-state index contributed by atoms with van der Waals surface area (Å²) in [4.78, 5) is 2.39. The first kappa shape index (κ1) is 19.5. The zero-order valence-electron chi connectivity index (χ0n) is 17.9. The third kappa shape index (κ3) is 3.02. The molecule has 0 aromatic heterocycles. The highest BCUT2D eigenvalue weighted by molar-refractivity contribution is 5.38. The van der Waals surface area contributed by atoms with Crippen LogP contribution in [0.25, 0.3) is 0 Å². The SMILES string of the molecule is CN(C)C12CC(c3ccccc3)C(C(c3ccccc3)C1)C(O)(c1ccccc1)C2. The van der Waals surface area contributed by atoms with Gasteiger partial charge in [0.1, 0.15) is 0 Å². The monoisotopic (exact) mass is 397 g/mol. The maximum atomic E-state index is 12.5. The van der Waals surface area contributed by atoms with E-state index < -0.39 is 5.60 Å². The molecule has 3 atom stereocenters. The zero-order valence-corrected chi connectivity index (χ0v) is 17.9. The van der Waals surface area contributed by atoms with Gasteiger partial charge in [0.05, 0.1) is 5.60 Å². The second kappa shape index (κ2) is 7.37. The fraction of sp³-hybridized carbons (Fsp3) is 0.357. The Balaban J connectivity index is 1.73. The van der Waals surface area contributed by atoms with E-state index in [0.29, 0.717) is 11.8 Å². The molecule has 3 aliphatic carbocycles. The third-order valence-corrected chi connectivity index (χ3v) is 7.89. The lowest BCUT2D eigenvalue weighted by molar-refractivity contribution is -0.166. The van der Waals surface area contributed by atoms with Gasteiger partial charge in [0.25, 0.3) is 0 Å². The van der Waals surface area contributed by atoms with E-state index in [1.807, 2.05) is 6.07 Å². The van der Waals surface area contributed by atoms with Crippen molar-refractivity contribution in [3.05, 3.63) is 108 Å². The van der Waals surface area contributed by atoms with Crippen LogP contribution >= 0.6 is 0 Å². The van der Waals surface area contributed by atoms with Crippen molar-refractivity contribution in [2.45, 2.75) is 42.2 Å². The van der Waals surface area contributed by atoms with Crippen molar-refractivity contribution in [3.8, 4) is 0 Å². The largest absolute Gasteiger partial charge is 0.385 e. The number of hydrogen-bond acceptors (Lipinski definition) is 2. The molecule has 2 bridgehead atoms. The summed E-state index contributed by atoms with van der Waals surface area (Å²) in [6, 6.07) is 32.1. The Bertz CT molecular complexity index is 935. The molecule has 3 aromatic rings. The second-order valence-corrected chi connectivity index (χ2v) is 9.55. The van der Waals surface area contributed by atoms with Gasteiger partial charge in [-0.2, -0.15) is 0 Å². The summed E-state index contributed by atoms with van der Waals surface area (Å²) in [7, 11) is 4.39. The number of fused-ring (bicyclic) bond motifs is 3. The Morgan fingerprint density at radius 3 is 1.57 bits per heavy atom. The van der Waals surface area contributed by atoms with Crippen LogP contribution in [-0.4, -0.2) is 29.6 Å². The highest BCUT2D eigenvalue weighted by atomic mass is 16.3. The highest BCUT2D eigenvalue weighted by Gasteiger charge is 2.63. The molecule has 3 saturated carbocycles. The molecule has 2 heteroatoms. The topological polar surface area (TPSA) is 23.5 Å². The summed E-state index contributed by atoms with van der Waals surface area (Å²) in [5.74, 6) is 0.768. The number of hydrogen-bond donors (Lipinski definition) is 1. The van der Waals surface area contributed by atoms with Gasteiger partial charge in [-0.1, -0.05) is 91.0 Å². The molecule has 3 aromatic carbocycles. The van der Waals surface area contributed by atoms with Crippen LogP contribution in [0.2, 0.25) is 0 Å². The molecule has 0 aliphatic heterocycles. The lowest BCUT2D eigenvalue weighted by Crippen LogP contribution is -2.64. The first-order valence-corrected chi connectivity index (χ1v) is 11.1. The highest BCUT2D eigenvalue weighted by Crippen LogP contribution is 2.65. The predicted molar refractivity (Wildman–Crippen MR) is 122 cm³/mol. The zero-order chi connectivity index (χ0) is 20.8. The average molecular weight is 398 g/mol. The molecule has 0 spiro atoms. The number of aliphatic hydroxyl groups is 1. The molecule has 3 unspecified atom stereocenters. The first-order chi connectivity index (χ1) is 14.5. The molecule has 2 nitrogen and oxygen atoms in total. The van der Waals surface area contributed by atoms with Crippen molar-refractivity contribution in [1.29, 1.82) is 0 Å². The van der Waals surface area contributed by atoms with Crippen LogP contribution in [0.4, 0.5) is 0 Å². The van der Waals surface area contributed by atoms with E-state index >= 15 is 0 Å². The lowest BCUT2D eigenvalue weighted by Gasteiger charge is -2.64. The Labute approximate surface area is 180 Å². The minimum atomic E-state index is -0.858. The molecule has 0 amide bonds. The van der Waals surface area contributed by atoms with E-state index in [4.69, 9.17) is 0 Å². The van der Waals surface area contributed by atoms with Gasteiger partial charge in [0.15, 0.2) is 0 Å². The van der Waals surface area contributed by atoms with Crippen LogP contribution in [-0.2, 0) is 5.60 Å². The van der Waals surface area contributed by atoms with E-state index in [2.05, 4.69) is 104 Å². The van der Waals surface area contributed by atoms with Gasteiger partial charge in [0.2, 0.25) is 0 Å². The van der Waals surface area contributed by atoms with Crippen LogP contribution in [0.3, 0.4) is 0 Å². The van der Waals surface area contributed by atoms with Crippen molar-refractivity contribution >= 4 is 0 Å². The van der Waals surface area contributed by atoms with Gasteiger partial charge in [-0.05, 0) is 61.9 Å². The van der Waals surface area contributed by atoms with E-state index in [9.17, 15) is 5.11 Å². The minimum absolute atomic E-state index is 0.0413. The minimum Gasteiger partial charge on any atom is -0.385 e. The molecule has 154 valence electrons. The van der Waals surface area contributed by atoms with Crippen molar-refractivity contribution in [1.82, 2.24) is 4.90 Å². The normalized spacial score (nSPS) is 33.0. The summed E-state index contributed by atoms with van der Waals surface area (Å²) in [5, 5.41) is 12.5. The first-order valence-electron chi connectivity index (χ1n) is 11.1. The predicted octanol–water partition coefficient (Wildman–Crippen LogP) is 5.56. The van der Waals surface area contributed by atoms with Crippen molar-refractivity contribution in [2.24, 2.45) is 5.92 Å². The molecular weight excluding hydrogens is 366 g/mol. The van der Waals surface area contributed by atoms with Crippen molar-refractivity contribution in [2.75, 3.05) is 14.1 Å². The molecule has 1 N–H and O–H groups in total. The number of nitrogens with zero attached hydrogens (tertiary/aromatic N) is 1. The fourth-order valence-corrected chi connectivity index (χ4v) is 6.46. The Morgan fingerprint density at radius 2 is 1.13 bits per heavy atom. The van der Waals surface area contributed by atoms with Gasteiger partial charge >= 0.3 is 0 Å². The van der Waals surface area contributed by atoms with Gasteiger partial charge < -0.3 is 10.0 Å². The van der Waals surface area contributed by atoms with Crippen LogP contribution in [0, 0.1) is 5.92 Å². The second-order valence-electron chi connectivity index (χ2n) is 9.55. The van der Waals surface area contributed by atoms with E-state index in [0.717, 1.165) is 24.8 Å². The van der Waals surface area contributed by atoms with Gasteiger partial charge in [0, 0.05) is 11.5 Å². The molecular formula is C28H31NO. The maximum absolute atomic E-state index is 12.5. The van der Waals surface area contributed by atoms with Gasteiger partial charge in [-0.15, -0.1) is 0 Å².